The molecule has 0 saturated heterocycles. The third-order valence-electron chi connectivity index (χ3n) is 3.78. The molecule has 5 nitrogen and oxygen atoms in total. The molecular weight excluding hydrogens is 260 g/mol. The molecule has 2 heterocycles. The number of rotatable bonds is 3. The van der Waals surface area contributed by atoms with Crippen LogP contribution in [0, 0.1) is 6.92 Å². The maximum absolute atomic E-state index is 9.69. The van der Waals surface area contributed by atoms with Gasteiger partial charge in [-0.2, -0.15) is 4.98 Å². The van der Waals surface area contributed by atoms with Crippen molar-refractivity contribution in [2.24, 2.45) is 0 Å². The van der Waals surface area contributed by atoms with E-state index >= 15 is 0 Å². The fourth-order valence-electron chi connectivity index (χ4n) is 2.78. The second kappa shape index (κ2) is 4.61. The van der Waals surface area contributed by atoms with Gasteiger partial charge in [-0.05, 0) is 25.8 Å². The molecule has 0 radical (unpaired) electrons. The quantitative estimate of drug-likeness (QED) is 0.802. The molecule has 0 atom stereocenters. The van der Waals surface area contributed by atoms with Crippen molar-refractivity contribution in [2.45, 2.75) is 38.1 Å². The zero-order chi connectivity index (χ0) is 13.5. The number of hydrogen-bond acceptors (Lipinski definition) is 6. The van der Waals surface area contributed by atoms with E-state index in [0.717, 1.165) is 41.7 Å². The number of hydrogen-bond donors (Lipinski definition) is 3. The van der Waals surface area contributed by atoms with Crippen molar-refractivity contribution >= 4 is 33.3 Å². The van der Waals surface area contributed by atoms with Gasteiger partial charge in [-0.25, -0.2) is 4.98 Å². The number of aliphatic hydroxyl groups excluding tert-OH is 1. The van der Waals surface area contributed by atoms with Crippen molar-refractivity contribution in [1.29, 1.82) is 0 Å². The van der Waals surface area contributed by atoms with Crippen LogP contribution in [0.1, 0.15) is 30.6 Å². The highest BCUT2D eigenvalue weighted by atomic mass is 32.1. The van der Waals surface area contributed by atoms with Gasteiger partial charge < -0.3 is 16.2 Å². The zero-order valence-corrected chi connectivity index (χ0v) is 11.8. The Bertz CT molecular complexity index is 604. The van der Waals surface area contributed by atoms with Crippen LogP contribution in [0.3, 0.4) is 0 Å². The van der Waals surface area contributed by atoms with Crippen molar-refractivity contribution in [3.63, 3.8) is 0 Å². The van der Waals surface area contributed by atoms with Crippen LogP contribution in [0.25, 0.3) is 10.2 Å². The van der Waals surface area contributed by atoms with Gasteiger partial charge in [0.25, 0.3) is 0 Å². The zero-order valence-electron chi connectivity index (χ0n) is 10.9. The normalized spacial score (nSPS) is 18.0. The van der Waals surface area contributed by atoms with E-state index in [2.05, 4.69) is 21.4 Å². The number of fused-ring (bicyclic) bond motifs is 1. The van der Waals surface area contributed by atoms with Gasteiger partial charge in [0.15, 0.2) is 0 Å². The second-order valence-corrected chi connectivity index (χ2v) is 6.51. The molecule has 2 aromatic rings. The van der Waals surface area contributed by atoms with Crippen LogP contribution in [0.4, 0.5) is 11.8 Å². The first-order valence-electron chi connectivity index (χ1n) is 6.55. The van der Waals surface area contributed by atoms with Crippen molar-refractivity contribution < 1.29 is 5.11 Å². The van der Waals surface area contributed by atoms with Gasteiger partial charge >= 0.3 is 0 Å². The molecule has 6 heteroatoms. The summed E-state index contributed by atoms with van der Waals surface area (Å²) in [6.07, 6.45) is 4.22. The monoisotopic (exact) mass is 278 g/mol. The molecule has 2 aromatic heterocycles. The van der Waals surface area contributed by atoms with Crippen LogP contribution < -0.4 is 11.1 Å². The Morgan fingerprint density at radius 1 is 1.42 bits per heavy atom. The Morgan fingerprint density at radius 2 is 2.16 bits per heavy atom. The average molecular weight is 278 g/mol. The fraction of sp³-hybridized carbons (Fsp3) is 0.538. The Morgan fingerprint density at radius 3 is 2.84 bits per heavy atom. The summed E-state index contributed by atoms with van der Waals surface area (Å²) >= 11 is 1.61. The molecule has 4 N–H and O–H groups in total. The first kappa shape index (κ1) is 12.6. The minimum atomic E-state index is -0.246. The molecule has 102 valence electrons. The van der Waals surface area contributed by atoms with E-state index in [9.17, 15) is 5.11 Å². The highest BCUT2D eigenvalue weighted by molar-refractivity contribution is 7.18. The summed E-state index contributed by atoms with van der Waals surface area (Å²) in [5, 5.41) is 14.1. The minimum absolute atomic E-state index is 0.127. The van der Waals surface area contributed by atoms with Gasteiger partial charge in [-0.3, -0.25) is 0 Å². The third-order valence-corrected chi connectivity index (χ3v) is 4.72. The van der Waals surface area contributed by atoms with Gasteiger partial charge in [0.2, 0.25) is 5.95 Å². The summed E-state index contributed by atoms with van der Waals surface area (Å²) in [5.74, 6) is 1.03. The van der Waals surface area contributed by atoms with Gasteiger partial charge in [-0.1, -0.05) is 12.8 Å². The van der Waals surface area contributed by atoms with E-state index in [0.29, 0.717) is 0 Å². The molecular formula is C13H18N4OS. The Kier molecular flexibility index (Phi) is 3.06. The van der Waals surface area contributed by atoms with Gasteiger partial charge in [-0.15, -0.1) is 11.3 Å². The van der Waals surface area contributed by atoms with Gasteiger partial charge in [0.05, 0.1) is 17.5 Å². The number of anilines is 2. The summed E-state index contributed by atoms with van der Waals surface area (Å²) in [6.45, 7) is 2.17. The van der Waals surface area contributed by atoms with Crippen LogP contribution in [0.15, 0.2) is 6.07 Å². The van der Waals surface area contributed by atoms with Gasteiger partial charge in [0.1, 0.15) is 10.6 Å². The van der Waals surface area contributed by atoms with Crippen LogP contribution in [-0.4, -0.2) is 27.2 Å². The molecule has 0 unspecified atom stereocenters. The number of aromatic nitrogens is 2. The lowest BCUT2D eigenvalue weighted by molar-refractivity contribution is 0.214. The number of nitrogens with two attached hydrogens (primary N) is 1. The largest absolute Gasteiger partial charge is 0.394 e. The predicted molar refractivity (Wildman–Crippen MR) is 78.5 cm³/mol. The fourth-order valence-corrected chi connectivity index (χ4v) is 3.67. The first-order valence-corrected chi connectivity index (χ1v) is 7.36. The molecule has 0 spiro atoms. The van der Waals surface area contributed by atoms with Crippen LogP contribution >= 0.6 is 11.3 Å². The number of thiophene rings is 1. The number of nitrogen functional groups attached to an aromatic ring is 1. The number of nitrogens with one attached hydrogen (secondary N) is 1. The molecule has 1 fully saturated rings. The van der Waals surface area contributed by atoms with Crippen molar-refractivity contribution in [3.05, 3.63) is 10.9 Å². The maximum Gasteiger partial charge on any atom is 0.223 e. The molecule has 19 heavy (non-hydrogen) atoms. The molecule has 0 aliphatic heterocycles. The van der Waals surface area contributed by atoms with Crippen LogP contribution in [-0.2, 0) is 0 Å². The predicted octanol–water partition coefficient (Wildman–Crippen LogP) is 2.30. The van der Waals surface area contributed by atoms with Crippen molar-refractivity contribution in [3.8, 4) is 0 Å². The van der Waals surface area contributed by atoms with Gasteiger partial charge in [0, 0.05) is 4.88 Å². The molecule has 1 saturated carbocycles. The second-order valence-electron chi connectivity index (χ2n) is 5.28. The Hall–Kier alpha value is -1.40. The van der Waals surface area contributed by atoms with E-state index in [1.807, 2.05) is 6.92 Å². The molecule has 0 amide bonds. The molecule has 0 bridgehead atoms. The Balaban J connectivity index is 2.04. The summed E-state index contributed by atoms with van der Waals surface area (Å²) in [7, 11) is 0. The summed E-state index contributed by atoms with van der Waals surface area (Å²) in [4.78, 5) is 10.7. The molecule has 0 aromatic carbocycles. The van der Waals surface area contributed by atoms with E-state index in [-0.39, 0.29) is 18.1 Å². The number of aryl methyl sites for hydroxylation is 1. The van der Waals surface area contributed by atoms with E-state index in [1.54, 1.807) is 11.3 Å². The van der Waals surface area contributed by atoms with Crippen LogP contribution in [0.5, 0.6) is 0 Å². The first-order chi connectivity index (χ1) is 9.12. The average Bonchev–Trinajstić information content (AvgIpc) is 2.96. The standard InChI is InChI=1S/C13H18N4OS/c1-8-6-9-10(15-12(14)16-11(9)19-8)17-13(7-18)4-2-3-5-13/h6,18H,2-5,7H2,1H3,(H3,14,15,16,17). The smallest absolute Gasteiger partial charge is 0.223 e. The van der Waals surface area contributed by atoms with E-state index < -0.39 is 0 Å². The third kappa shape index (κ3) is 2.26. The SMILES string of the molecule is Cc1cc2c(NC3(CO)CCCC3)nc(N)nc2s1. The molecule has 1 aliphatic rings. The molecule has 3 rings (SSSR count). The highest BCUT2D eigenvalue weighted by Crippen LogP contribution is 2.36. The summed E-state index contributed by atoms with van der Waals surface area (Å²) < 4.78 is 0. The molecule has 1 aliphatic carbocycles. The maximum atomic E-state index is 9.69. The lowest BCUT2D eigenvalue weighted by atomic mass is 9.99. The lowest BCUT2D eigenvalue weighted by Crippen LogP contribution is -2.39. The van der Waals surface area contributed by atoms with Crippen LogP contribution in [0.2, 0.25) is 0 Å². The highest BCUT2D eigenvalue weighted by Gasteiger charge is 2.34. The summed E-state index contributed by atoms with van der Waals surface area (Å²) in [5.41, 5.74) is 5.53. The summed E-state index contributed by atoms with van der Waals surface area (Å²) in [6, 6.07) is 2.07. The topological polar surface area (TPSA) is 84.1 Å². The van der Waals surface area contributed by atoms with E-state index in [4.69, 9.17) is 5.73 Å². The van der Waals surface area contributed by atoms with Crippen molar-refractivity contribution in [1.82, 2.24) is 9.97 Å². The Labute approximate surface area is 115 Å². The van der Waals surface area contributed by atoms with Crippen molar-refractivity contribution in [2.75, 3.05) is 17.7 Å². The minimum Gasteiger partial charge on any atom is -0.394 e. The lowest BCUT2D eigenvalue weighted by Gasteiger charge is -2.28. The number of nitrogens with zero attached hydrogens (tertiary/aromatic N) is 2. The van der Waals surface area contributed by atoms with E-state index in [1.165, 1.54) is 4.88 Å². The number of aliphatic hydroxyl groups is 1.